The molecule has 0 heterocycles. The van der Waals surface area contributed by atoms with Crippen LogP contribution in [-0.2, 0) is 4.79 Å². The average Bonchev–Trinajstić information content (AvgIpc) is 2.78. The van der Waals surface area contributed by atoms with Crippen molar-refractivity contribution in [2.75, 3.05) is 5.32 Å². The molecule has 0 unspecified atom stereocenters. The normalized spacial score (nSPS) is 14.6. The molecule has 2 N–H and O–H groups in total. The number of benzene rings is 1. The minimum atomic E-state index is -0.994. The monoisotopic (exact) mass is 259 g/mol. The van der Waals surface area contributed by atoms with E-state index in [0.717, 1.165) is 36.0 Å². The van der Waals surface area contributed by atoms with Gasteiger partial charge in [0.25, 0.3) is 5.91 Å². The summed E-state index contributed by atoms with van der Waals surface area (Å²) in [4.78, 5) is 23.1. The van der Waals surface area contributed by atoms with Crippen molar-refractivity contribution >= 4 is 17.6 Å². The van der Waals surface area contributed by atoms with Crippen LogP contribution in [-0.4, -0.2) is 17.0 Å². The van der Waals surface area contributed by atoms with E-state index in [-0.39, 0.29) is 11.5 Å². The van der Waals surface area contributed by atoms with Gasteiger partial charge in [0.15, 0.2) is 0 Å². The maximum atomic E-state index is 12.1. The van der Waals surface area contributed by atoms with Gasteiger partial charge in [0.05, 0.1) is 5.56 Å². The number of hydrogen-bond acceptors (Lipinski definition) is 2. The Labute approximate surface area is 112 Å². The first-order valence-electron chi connectivity index (χ1n) is 6.33. The molecule has 0 saturated carbocycles. The summed E-state index contributed by atoms with van der Waals surface area (Å²) in [6.45, 7) is 3.82. The summed E-state index contributed by atoms with van der Waals surface area (Å²) in [5.74, 6) is -1.10. The van der Waals surface area contributed by atoms with Crippen LogP contribution in [0.5, 0.6) is 0 Å². The van der Waals surface area contributed by atoms with Gasteiger partial charge in [0.2, 0.25) is 0 Å². The van der Waals surface area contributed by atoms with E-state index in [9.17, 15) is 9.59 Å². The number of rotatable bonds is 3. The zero-order valence-corrected chi connectivity index (χ0v) is 11.1. The van der Waals surface area contributed by atoms with Crippen LogP contribution >= 0.6 is 0 Å². The molecular weight excluding hydrogens is 242 g/mol. The van der Waals surface area contributed by atoms with Gasteiger partial charge in [-0.1, -0.05) is 11.6 Å². The predicted octanol–water partition coefficient (Wildman–Crippen LogP) is 3.13. The highest BCUT2D eigenvalue weighted by Gasteiger charge is 2.18. The van der Waals surface area contributed by atoms with Gasteiger partial charge >= 0.3 is 5.97 Å². The average molecular weight is 259 g/mol. The summed E-state index contributed by atoms with van der Waals surface area (Å²) in [6, 6.07) is 4.74. The molecule has 0 radical (unpaired) electrons. The first-order chi connectivity index (χ1) is 8.99. The quantitative estimate of drug-likeness (QED) is 0.876. The molecule has 100 valence electrons. The Hall–Kier alpha value is -2.10. The zero-order valence-electron chi connectivity index (χ0n) is 11.1. The van der Waals surface area contributed by atoms with Crippen LogP contribution in [0.1, 0.15) is 42.1 Å². The van der Waals surface area contributed by atoms with Crippen molar-refractivity contribution in [2.45, 2.75) is 33.1 Å². The topological polar surface area (TPSA) is 66.4 Å². The number of carboxylic acid groups (broad SMARTS) is 1. The lowest BCUT2D eigenvalue weighted by atomic mass is 10.1. The van der Waals surface area contributed by atoms with Crippen LogP contribution < -0.4 is 5.32 Å². The van der Waals surface area contributed by atoms with Gasteiger partial charge in [0, 0.05) is 11.3 Å². The molecule has 19 heavy (non-hydrogen) atoms. The SMILES string of the molecule is CC1=C(C(=O)Nc2cc(C(=O)O)ccc2C)CCC1. The molecule has 4 nitrogen and oxygen atoms in total. The minimum absolute atomic E-state index is 0.111. The summed E-state index contributed by atoms with van der Waals surface area (Å²) in [5, 5.41) is 11.8. The van der Waals surface area contributed by atoms with Gasteiger partial charge in [-0.05, 0) is 50.8 Å². The molecule has 0 saturated heterocycles. The molecule has 1 amide bonds. The third kappa shape index (κ3) is 2.84. The number of carbonyl (C=O) groups excluding carboxylic acids is 1. The number of carboxylic acids is 1. The second-order valence-electron chi connectivity index (χ2n) is 4.90. The first-order valence-corrected chi connectivity index (χ1v) is 6.33. The Morgan fingerprint density at radius 1 is 1.21 bits per heavy atom. The highest BCUT2D eigenvalue weighted by Crippen LogP contribution is 2.27. The molecule has 0 atom stereocenters. The molecule has 1 aliphatic rings. The molecule has 1 aromatic carbocycles. The molecule has 4 heteroatoms. The predicted molar refractivity (Wildman–Crippen MR) is 73.3 cm³/mol. The largest absolute Gasteiger partial charge is 0.478 e. The van der Waals surface area contributed by atoms with Crippen LogP contribution in [0.4, 0.5) is 5.69 Å². The van der Waals surface area contributed by atoms with Crippen molar-refractivity contribution in [3.63, 3.8) is 0 Å². The van der Waals surface area contributed by atoms with E-state index in [0.29, 0.717) is 5.69 Å². The molecular formula is C15H17NO3. The Morgan fingerprint density at radius 3 is 2.53 bits per heavy atom. The van der Waals surface area contributed by atoms with E-state index < -0.39 is 5.97 Å². The number of anilines is 1. The van der Waals surface area contributed by atoms with Crippen molar-refractivity contribution in [2.24, 2.45) is 0 Å². The fourth-order valence-corrected chi connectivity index (χ4v) is 2.29. The van der Waals surface area contributed by atoms with Gasteiger partial charge in [-0.15, -0.1) is 0 Å². The molecule has 0 bridgehead atoms. The number of allylic oxidation sites excluding steroid dienone is 1. The molecule has 2 rings (SSSR count). The lowest BCUT2D eigenvalue weighted by Crippen LogP contribution is -2.15. The van der Waals surface area contributed by atoms with Gasteiger partial charge in [-0.3, -0.25) is 4.79 Å². The molecule has 0 aliphatic heterocycles. The number of aryl methyl sites for hydroxylation is 1. The summed E-state index contributed by atoms with van der Waals surface area (Å²) in [5.41, 5.74) is 3.56. The molecule has 0 aromatic heterocycles. The molecule has 1 aliphatic carbocycles. The summed E-state index contributed by atoms with van der Waals surface area (Å²) < 4.78 is 0. The van der Waals surface area contributed by atoms with Crippen molar-refractivity contribution in [3.8, 4) is 0 Å². The van der Waals surface area contributed by atoms with Crippen LogP contribution in [0.15, 0.2) is 29.3 Å². The van der Waals surface area contributed by atoms with Crippen LogP contribution in [0.3, 0.4) is 0 Å². The van der Waals surface area contributed by atoms with E-state index in [2.05, 4.69) is 5.32 Å². The number of nitrogens with one attached hydrogen (secondary N) is 1. The number of hydrogen-bond donors (Lipinski definition) is 2. The van der Waals surface area contributed by atoms with Gasteiger partial charge in [-0.25, -0.2) is 4.79 Å². The maximum absolute atomic E-state index is 12.1. The Bertz CT molecular complexity index is 573. The van der Waals surface area contributed by atoms with Gasteiger partial charge in [0.1, 0.15) is 0 Å². The van der Waals surface area contributed by atoms with E-state index in [1.165, 1.54) is 12.1 Å². The highest BCUT2D eigenvalue weighted by atomic mass is 16.4. The van der Waals surface area contributed by atoms with Gasteiger partial charge in [-0.2, -0.15) is 0 Å². The van der Waals surface area contributed by atoms with E-state index in [4.69, 9.17) is 5.11 Å². The molecule has 0 spiro atoms. The number of aromatic carboxylic acids is 1. The van der Waals surface area contributed by atoms with Crippen LogP contribution in [0.25, 0.3) is 0 Å². The lowest BCUT2D eigenvalue weighted by molar-refractivity contribution is -0.113. The second-order valence-corrected chi connectivity index (χ2v) is 4.90. The third-order valence-corrected chi connectivity index (χ3v) is 3.50. The standard InChI is InChI=1S/C15H17NO3/c1-9-4-3-5-12(9)14(17)16-13-8-11(15(18)19)7-6-10(13)2/h6-8H,3-5H2,1-2H3,(H,16,17)(H,18,19). The maximum Gasteiger partial charge on any atom is 0.335 e. The van der Waals surface area contributed by atoms with E-state index in [1.54, 1.807) is 6.07 Å². The smallest absolute Gasteiger partial charge is 0.335 e. The Balaban J connectivity index is 2.23. The summed E-state index contributed by atoms with van der Waals surface area (Å²) >= 11 is 0. The summed E-state index contributed by atoms with van der Waals surface area (Å²) in [7, 11) is 0. The first kappa shape index (κ1) is 13.3. The van der Waals surface area contributed by atoms with E-state index in [1.807, 2.05) is 13.8 Å². The third-order valence-electron chi connectivity index (χ3n) is 3.50. The van der Waals surface area contributed by atoms with Crippen molar-refractivity contribution in [3.05, 3.63) is 40.5 Å². The van der Waals surface area contributed by atoms with Crippen LogP contribution in [0, 0.1) is 6.92 Å². The minimum Gasteiger partial charge on any atom is -0.478 e. The Morgan fingerprint density at radius 2 is 1.95 bits per heavy atom. The molecule has 1 aromatic rings. The number of carbonyl (C=O) groups is 2. The van der Waals surface area contributed by atoms with Crippen LogP contribution in [0.2, 0.25) is 0 Å². The lowest BCUT2D eigenvalue weighted by Gasteiger charge is -2.10. The Kier molecular flexibility index (Phi) is 3.69. The van der Waals surface area contributed by atoms with Crippen molar-refractivity contribution in [1.29, 1.82) is 0 Å². The van der Waals surface area contributed by atoms with E-state index >= 15 is 0 Å². The fourth-order valence-electron chi connectivity index (χ4n) is 2.29. The highest BCUT2D eigenvalue weighted by molar-refractivity contribution is 6.05. The zero-order chi connectivity index (χ0) is 14.0. The molecule has 0 fully saturated rings. The van der Waals surface area contributed by atoms with Gasteiger partial charge < -0.3 is 10.4 Å². The summed E-state index contributed by atoms with van der Waals surface area (Å²) in [6.07, 6.45) is 2.79. The second kappa shape index (κ2) is 5.26. The van der Waals surface area contributed by atoms with Crippen molar-refractivity contribution < 1.29 is 14.7 Å². The fraction of sp³-hybridized carbons (Fsp3) is 0.333. The van der Waals surface area contributed by atoms with Crippen molar-refractivity contribution in [1.82, 2.24) is 0 Å². The number of amides is 1.